The fourth-order valence-corrected chi connectivity index (χ4v) is 4.43. The van der Waals surface area contributed by atoms with E-state index in [1.54, 1.807) is 54.3 Å². The van der Waals surface area contributed by atoms with E-state index < -0.39 is 6.10 Å². The summed E-state index contributed by atoms with van der Waals surface area (Å²) in [5.74, 6) is 0.448. The number of aryl methyl sites for hydroxylation is 1. The summed E-state index contributed by atoms with van der Waals surface area (Å²) in [6, 6.07) is 15.0. The van der Waals surface area contributed by atoms with Gasteiger partial charge in [0.1, 0.15) is 17.7 Å². The smallest absolute Gasteiger partial charge is 0.256 e. The Hall–Kier alpha value is -4.31. The number of rotatable bonds is 9. The maximum atomic E-state index is 14.5. The molecule has 0 saturated carbocycles. The Labute approximate surface area is 227 Å². The highest BCUT2D eigenvalue weighted by Crippen LogP contribution is 2.26. The van der Waals surface area contributed by atoms with Crippen molar-refractivity contribution in [2.24, 2.45) is 0 Å². The lowest BCUT2D eigenvalue weighted by Crippen LogP contribution is -2.54. The van der Waals surface area contributed by atoms with Gasteiger partial charge in [0.05, 0.1) is 7.11 Å². The molecule has 2 atom stereocenters. The molecule has 2 aromatic carbocycles. The molecule has 0 bridgehead atoms. The Bertz CT molecular complexity index is 1320. The van der Waals surface area contributed by atoms with Crippen LogP contribution in [0.2, 0.25) is 0 Å². The van der Waals surface area contributed by atoms with E-state index in [-0.39, 0.29) is 23.7 Å². The minimum Gasteiger partial charge on any atom is -0.484 e. The fourth-order valence-electron chi connectivity index (χ4n) is 4.43. The van der Waals surface area contributed by atoms with E-state index in [0.717, 1.165) is 0 Å². The van der Waals surface area contributed by atoms with Gasteiger partial charge in [-0.3, -0.25) is 14.5 Å². The largest absolute Gasteiger partial charge is 0.484 e. The average Bonchev–Trinajstić information content (AvgIpc) is 2.94. The van der Waals surface area contributed by atoms with Gasteiger partial charge in [-0.15, -0.1) is 10.2 Å². The number of hydrogen-bond donors (Lipinski definition) is 1. The molecule has 204 valence electrons. The second-order valence-electron chi connectivity index (χ2n) is 9.40. The summed E-state index contributed by atoms with van der Waals surface area (Å²) in [5, 5.41) is 10.4. The summed E-state index contributed by atoms with van der Waals surface area (Å²) < 4.78 is 25.8. The molecular formula is C29H32FN5O4. The van der Waals surface area contributed by atoms with Crippen molar-refractivity contribution in [1.29, 1.82) is 0 Å². The third kappa shape index (κ3) is 6.97. The zero-order chi connectivity index (χ0) is 27.9. The SMILES string of the molecule is C=CC(=O)N1CCN(C[C@H](Oc2ccc(C(=O)Nc3ccc(OC)nn3)cc2)c2ccc(C)c(F)c2)C[C@H]1C. The van der Waals surface area contributed by atoms with Gasteiger partial charge in [-0.1, -0.05) is 18.7 Å². The van der Waals surface area contributed by atoms with Crippen LogP contribution in [0.15, 0.2) is 67.3 Å². The lowest BCUT2D eigenvalue weighted by atomic mass is 10.0. The lowest BCUT2D eigenvalue weighted by molar-refractivity contribution is -0.130. The van der Waals surface area contributed by atoms with E-state index in [4.69, 9.17) is 9.47 Å². The van der Waals surface area contributed by atoms with E-state index in [1.165, 1.54) is 19.3 Å². The number of benzene rings is 2. The third-order valence-corrected chi connectivity index (χ3v) is 6.65. The minimum atomic E-state index is -0.469. The van der Waals surface area contributed by atoms with Crippen molar-refractivity contribution >= 4 is 17.6 Å². The molecule has 39 heavy (non-hydrogen) atoms. The molecule has 10 heteroatoms. The quantitative estimate of drug-likeness (QED) is 0.415. The number of anilines is 1. The summed E-state index contributed by atoms with van der Waals surface area (Å²) in [5.41, 5.74) is 1.67. The molecule has 1 aliphatic rings. The van der Waals surface area contributed by atoms with Crippen molar-refractivity contribution in [3.05, 3.63) is 89.8 Å². The van der Waals surface area contributed by atoms with Gasteiger partial charge in [0, 0.05) is 43.9 Å². The fraction of sp³-hybridized carbons (Fsp3) is 0.310. The molecule has 9 nitrogen and oxygen atoms in total. The predicted octanol–water partition coefficient (Wildman–Crippen LogP) is 4.02. The van der Waals surface area contributed by atoms with Crippen molar-refractivity contribution in [2.75, 3.05) is 38.6 Å². The number of aromatic nitrogens is 2. The van der Waals surface area contributed by atoms with Crippen molar-refractivity contribution < 1.29 is 23.5 Å². The standard InChI is InChI=1S/C29H32FN5O4/c1-5-28(36)35-15-14-34(17-20(35)3)18-25(22-7-6-19(2)24(30)16-22)39-23-10-8-21(9-11-23)29(37)31-26-12-13-27(38-4)33-32-26/h5-13,16,20,25H,1,14-15,17-18H2,2-4H3,(H,31,32,37)/t20-,25+/m1/s1. The molecule has 1 aromatic heterocycles. The number of methoxy groups -OCH3 is 1. The lowest BCUT2D eigenvalue weighted by Gasteiger charge is -2.40. The van der Waals surface area contributed by atoms with E-state index in [1.807, 2.05) is 13.0 Å². The number of halogens is 1. The van der Waals surface area contributed by atoms with Crippen LogP contribution in [0, 0.1) is 12.7 Å². The number of nitrogens with zero attached hydrogens (tertiary/aromatic N) is 4. The minimum absolute atomic E-state index is 0.00726. The Morgan fingerprint density at radius 3 is 2.54 bits per heavy atom. The molecule has 3 aromatic rings. The molecule has 1 aliphatic heterocycles. The molecule has 2 heterocycles. The topological polar surface area (TPSA) is 96.9 Å². The van der Waals surface area contributed by atoms with Crippen LogP contribution in [-0.2, 0) is 4.79 Å². The predicted molar refractivity (Wildman–Crippen MR) is 145 cm³/mol. The highest BCUT2D eigenvalue weighted by Gasteiger charge is 2.28. The van der Waals surface area contributed by atoms with E-state index in [0.29, 0.717) is 60.3 Å². The summed E-state index contributed by atoms with van der Waals surface area (Å²) >= 11 is 0. The second kappa shape index (κ2) is 12.5. The van der Waals surface area contributed by atoms with Crippen molar-refractivity contribution in [3.63, 3.8) is 0 Å². The summed E-state index contributed by atoms with van der Waals surface area (Å²) in [4.78, 5) is 28.8. The monoisotopic (exact) mass is 533 g/mol. The summed E-state index contributed by atoms with van der Waals surface area (Å²) in [6.45, 7) is 9.69. The first-order valence-electron chi connectivity index (χ1n) is 12.6. The van der Waals surface area contributed by atoms with E-state index in [2.05, 4.69) is 27.0 Å². The van der Waals surface area contributed by atoms with Crippen LogP contribution in [0.5, 0.6) is 11.6 Å². The van der Waals surface area contributed by atoms with E-state index in [9.17, 15) is 14.0 Å². The van der Waals surface area contributed by atoms with Gasteiger partial charge in [-0.05, 0) is 67.4 Å². The Balaban J connectivity index is 1.46. The Morgan fingerprint density at radius 1 is 1.15 bits per heavy atom. The van der Waals surface area contributed by atoms with Gasteiger partial charge in [0.15, 0.2) is 5.82 Å². The molecule has 1 N–H and O–H groups in total. The molecule has 0 unspecified atom stereocenters. The number of ether oxygens (including phenoxy) is 2. The molecule has 4 rings (SSSR count). The highest BCUT2D eigenvalue weighted by atomic mass is 19.1. The zero-order valence-electron chi connectivity index (χ0n) is 22.3. The first-order valence-corrected chi connectivity index (χ1v) is 12.6. The van der Waals surface area contributed by atoms with Crippen LogP contribution in [0.3, 0.4) is 0 Å². The van der Waals surface area contributed by atoms with Gasteiger partial charge in [0.25, 0.3) is 5.91 Å². The molecule has 2 amide bonds. The third-order valence-electron chi connectivity index (χ3n) is 6.65. The first kappa shape index (κ1) is 27.7. The van der Waals surface area contributed by atoms with Gasteiger partial charge < -0.3 is 19.7 Å². The summed E-state index contributed by atoms with van der Waals surface area (Å²) in [7, 11) is 1.48. The maximum Gasteiger partial charge on any atom is 0.256 e. The van der Waals surface area contributed by atoms with Gasteiger partial charge in [-0.25, -0.2) is 4.39 Å². The number of carbonyl (C=O) groups excluding carboxylic acids is 2. The van der Waals surface area contributed by atoms with Crippen molar-refractivity contribution in [3.8, 4) is 11.6 Å². The molecular weight excluding hydrogens is 501 g/mol. The van der Waals surface area contributed by atoms with Gasteiger partial charge in [0.2, 0.25) is 11.8 Å². The van der Waals surface area contributed by atoms with Crippen LogP contribution in [-0.4, -0.2) is 71.1 Å². The number of amides is 2. The van der Waals surface area contributed by atoms with E-state index >= 15 is 0 Å². The van der Waals surface area contributed by atoms with Gasteiger partial charge >= 0.3 is 0 Å². The van der Waals surface area contributed by atoms with Crippen LogP contribution in [0.4, 0.5) is 10.2 Å². The molecule has 0 radical (unpaired) electrons. The first-order chi connectivity index (χ1) is 18.8. The van der Waals surface area contributed by atoms with Crippen molar-refractivity contribution in [1.82, 2.24) is 20.0 Å². The number of hydrogen-bond acceptors (Lipinski definition) is 7. The normalized spacial score (nSPS) is 16.3. The second-order valence-corrected chi connectivity index (χ2v) is 9.40. The number of carbonyl (C=O) groups is 2. The Kier molecular flexibility index (Phi) is 8.88. The van der Waals surface area contributed by atoms with Crippen molar-refractivity contribution in [2.45, 2.75) is 26.0 Å². The van der Waals surface area contributed by atoms with Gasteiger partial charge in [-0.2, -0.15) is 0 Å². The average molecular weight is 534 g/mol. The molecule has 1 fully saturated rings. The number of piperazine rings is 1. The highest BCUT2D eigenvalue weighted by molar-refractivity contribution is 6.03. The molecule has 0 aliphatic carbocycles. The zero-order valence-corrected chi connectivity index (χ0v) is 22.3. The maximum absolute atomic E-state index is 14.5. The van der Waals surface area contributed by atoms with Crippen LogP contribution in [0.25, 0.3) is 0 Å². The van der Waals surface area contributed by atoms with Crippen LogP contribution in [0.1, 0.15) is 34.5 Å². The number of nitrogens with one attached hydrogen (secondary N) is 1. The Morgan fingerprint density at radius 2 is 1.92 bits per heavy atom. The molecule has 1 saturated heterocycles. The molecule has 0 spiro atoms. The summed E-state index contributed by atoms with van der Waals surface area (Å²) in [6.07, 6.45) is 0.866. The van der Waals surface area contributed by atoms with Crippen LogP contribution < -0.4 is 14.8 Å². The van der Waals surface area contributed by atoms with Crippen LogP contribution >= 0.6 is 0 Å².